The second-order valence-electron chi connectivity index (χ2n) is 6.32. The van der Waals surface area contributed by atoms with E-state index in [2.05, 4.69) is 15.5 Å². The lowest BCUT2D eigenvalue weighted by Gasteiger charge is -2.30. The monoisotopic (exact) mass is 271 g/mol. The average molecular weight is 271 g/mol. The van der Waals surface area contributed by atoms with Crippen LogP contribution in [0.15, 0.2) is 24.3 Å². The number of amides is 1. The normalized spacial score (nSPS) is 31.2. The van der Waals surface area contributed by atoms with Crippen LogP contribution in [0.4, 0.5) is 11.4 Å². The summed E-state index contributed by atoms with van der Waals surface area (Å²) in [6.45, 7) is 2.63. The summed E-state index contributed by atoms with van der Waals surface area (Å²) in [6.07, 6.45) is 3.98. The summed E-state index contributed by atoms with van der Waals surface area (Å²) in [6, 6.07) is 7.96. The Morgan fingerprint density at radius 1 is 1.10 bits per heavy atom. The van der Waals surface area contributed by atoms with Gasteiger partial charge in [-0.05, 0) is 36.8 Å². The molecule has 0 aromatic heterocycles. The zero-order valence-electron chi connectivity index (χ0n) is 11.6. The highest BCUT2D eigenvalue weighted by molar-refractivity contribution is 5.88. The molecule has 1 aromatic rings. The fourth-order valence-corrected chi connectivity index (χ4v) is 4.00. The summed E-state index contributed by atoms with van der Waals surface area (Å²) < 4.78 is 0. The van der Waals surface area contributed by atoms with Crippen molar-refractivity contribution in [1.29, 1.82) is 0 Å². The summed E-state index contributed by atoms with van der Waals surface area (Å²) >= 11 is 0. The van der Waals surface area contributed by atoms with Crippen molar-refractivity contribution in [2.75, 3.05) is 30.3 Å². The van der Waals surface area contributed by atoms with Crippen LogP contribution < -0.4 is 10.6 Å². The van der Waals surface area contributed by atoms with Crippen LogP contribution in [0.2, 0.25) is 0 Å². The minimum atomic E-state index is -0.122. The van der Waals surface area contributed by atoms with Crippen molar-refractivity contribution in [2.24, 2.45) is 11.8 Å². The number of carbonyl (C=O) groups is 1. The molecule has 4 nitrogen and oxygen atoms in total. The maximum atomic E-state index is 12.7. The average Bonchev–Trinajstić information content (AvgIpc) is 3.07. The van der Waals surface area contributed by atoms with Crippen molar-refractivity contribution < 1.29 is 4.79 Å². The number of likely N-dealkylation sites (tertiary alicyclic amines) is 1. The Balaban J connectivity index is 1.45. The maximum absolute atomic E-state index is 12.7. The Morgan fingerprint density at radius 3 is 2.55 bits per heavy atom. The Hall–Kier alpha value is -1.71. The molecule has 0 bridgehead atoms. The minimum Gasteiger partial charge on any atom is -0.381 e. The molecule has 2 heterocycles. The van der Waals surface area contributed by atoms with Gasteiger partial charge in [0.1, 0.15) is 6.04 Å². The van der Waals surface area contributed by atoms with Gasteiger partial charge in [0.05, 0.1) is 11.4 Å². The molecule has 3 atom stereocenters. The zero-order chi connectivity index (χ0) is 13.5. The first-order valence-electron chi connectivity index (χ1n) is 7.69. The van der Waals surface area contributed by atoms with Crippen molar-refractivity contribution in [3.8, 4) is 0 Å². The molecular formula is C16H21N3O. The van der Waals surface area contributed by atoms with Crippen LogP contribution in [-0.2, 0) is 4.79 Å². The zero-order valence-corrected chi connectivity index (χ0v) is 11.6. The van der Waals surface area contributed by atoms with Gasteiger partial charge in [-0.25, -0.2) is 0 Å². The van der Waals surface area contributed by atoms with Gasteiger partial charge in [0.25, 0.3) is 0 Å². The first-order chi connectivity index (χ1) is 9.81. The van der Waals surface area contributed by atoms with E-state index in [9.17, 15) is 4.79 Å². The Labute approximate surface area is 119 Å². The van der Waals surface area contributed by atoms with Gasteiger partial charge in [-0.15, -0.1) is 0 Å². The molecule has 106 valence electrons. The molecule has 4 heteroatoms. The lowest BCUT2D eigenvalue weighted by atomic mass is 10.0. The van der Waals surface area contributed by atoms with E-state index in [1.807, 2.05) is 24.3 Å². The SMILES string of the molecule is O=C(C1CNc2ccccc2N1)N1CC2CCCC2C1. The van der Waals surface area contributed by atoms with Gasteiger partial charge in [0.15, 0.2) is 0 Å². The molecule has 1 saturated carbocycles. The number of nitrogens with one attached hydrogen (secondary N) is 2. The number of hydrogen-bond donors (Lipinski definition) is 2. The quantitative estimate of drug-likeness (QED) is 0.822. The van der Waals surface area contributed by atoms with Crippen LogP contribution >= 0.6 is 0 Å². The van der Waals surface area contributed by atoms with E-state index in [-0.39, 0.29) is 11.9 Å². The predicted molar refractivity (Wildman–Crippen MR) is 79.8 cm³/mol. The fraction of sp³-hybridized carbons (Fsp3) is 0.562. The van der Waals surface area contributed by atoms with Crippen molar-refractivity contribution in [3.63, 3.8) is 0 Å². The third kappa shape index (κ3) is 1.94. The Morgan fingerprint density at radius 2 is 1.80 bits per heavy atom. The van der Waals surface area contributed by atoms with Crippen LogP contribution in [0, 0.1) is 11.8 Å². The molecule has 1 amide bonds. The molecule has 1 aromatic carbocycles. The minimum absolute atomic E-state index is 0.122. The number of rotatable bonds is 1. The van der Waals surface area contributed by atoms with Gasteiger partial charge in [0.2, 0.25) is 5.91 Å². The summed E-state index contributed by atoms with van der Waals surface area (Å²) in [5.41, 5.74) is 2.13. The highest BCUT2D eigenvalue weighted by Crippen LogP contribution is 2.38. The number of nitrogens with zero attached hydrogens (tertiary/aromatic N) is 1. The maximum Gasteiger partial charge on any atom is 0.246 e. The van der Waals surface area contributed by atoms with Gasteiger partial charge >= 0.3 is 0 Å². The van der Waals surface area contributed by atoms with E-state index >= 15 is 0 Å². The van der Waals surface area contributed by atoms with Crippen LogP contribution in [0.25, 0.3) is 0 Å². The summed E-state index contributed by atoms with van der Waals surface area (Å²) in [5.74, 6) is 1.80. The lowest BCUT2D eigenvalue weighted by Crippen LogP contribution is -2.47. The largest absolute Gasteiger partial charge is 0.381 e. The molecular weight excluding hydrogens is 250 g/mol. The van der Waals surface area contributed by atoms with Gasteiger partial charge in [-0.3, -0.25) is 4.79 Å². The van der Waals surface area contributed by atoms with Gasteiger partial charge in [0, 0.05) is 19.6 Å². The van der Waals surface area contributed by atoms with Crippen molar-refractivity contribution >= 4 is 17.3 Å². The molecule has 2 fully saturated rings. The topological polar surface area (TPSA) is 44.4 Å². The number of benzene rings is 1. The molecule has 2 N–H and O–H groups in total. The van der Waals surface area contributed by atoms with Crippen LogP contribution in [0.3, 0.4) is 0 Å². The van der Waals surface area contributed by atoms with Crippen molar-refractivity contribution in [2.45, 2.75) is 25.3 Å². The second kappa shape index (κ2) is 4.69. The highest BCUT2D eigenvalue weighted by atomic mass is 16.2. The summed E-state index contributed by atoms with van der Waals surface area (Å²) in [7, 11) is 0. The fourth-order valence-electron chi connectivity index (χ4n) is 4.00. The van der Waals surface area contributed by atoms with Crippen molar-refractivity contribution in [3.05, 3.63) is 24.3 Å². The molecule has 2 aliphatic heterocycles. The van der Waals surface area contributed by atoms with Crippen molar-refractivity contribution in [1.82, 2.24) is 4.90 Å². The molecule has 1 aliphatic carbocycles. The Kier molecular flexibility index (Phi) is 2.83. The number of anilines is 2. The number of hydrogen-bond acceptors (Lipinski definition) is 3. The third-order valence-electron chi connectivity index (χ3n) is 5.09. The molecule has 4 rings (SSSR count). The molecule has 0 spiro atoms. The first kappa shape index (κ1) is 12.1. The lowest BCUT2D eigenvalue weighted by molar-refractivity contribution is -0.131. The molecule has 3 unspecified atom stereocenters. The number of fused-ring (bicyclic) bond motifs is 2. The van der Waals surface area contributed by atoms with E-state index in [4.69, 9.17) is 0 Å². The van der Waals surface area contributed by atoms with Crippen LogP contribution in [0.1, 0.15) is 19.3 Å². The van der Waals surface area contributed by atoms with E-state index in [1.165, 1.54) is 19.3 Å². The third-order valence-corrected chi connectivity index (χ3v) is 5.09. The smallest absolute Gasteiger partial charge is 0.246 e. The van der Waals surface area contributed by atoms with E-state index < -0.39 is 0 Å². The molecule has 0 radical (unpaired) electrons. The predicted octanol–water partition coefficient (Wildman–Crippen LogP) is 2.15. The summed E-state index contributed by atoms with van der Waals surface area (Å²) in [5, 5.41) is 6.74. The van der Waals surface area contributed by atoms with Crippen LogP contribution in [0.5, 0.6) is 0 Å². The summed E-state index contributed by atoms with van der Waals surface area (Å²) in [4.78, 5) is 14.7. The van der Waals surface area contributed by atoms with Gasteiger partial charge < -0.3 is 15.5 Å². The van der Waals surface area contributed by atoms with Crippen LogP contribution in [-0.4, -0.2) is 36.5 Å². The van der Waals surface area contributed by atoms with E-state index in [0.717, 1.165) is 36.3 Å². The first-order valence-corrected chi connectivity index (χ1v) is 7.69. The van der Waals surface area contributed by atoms with E-state index in [0.29, 0.717) is 6.54 Å². The van der Waals surface area contributed by atoms with Gasteiger partial charge in [-0.2, -0.15) is 0 Å². The molecule has 1 saturated heterocycles. The number of carbonyl (C=O) groups excluding carboxylic acids is 1. The molecule has 3 aliphatic rings. The highest BCUT2D eigenvalue weighted by Gasteiger charge is 2.40. The van der Waals surface area contributed by atoms with Gasteiger partial charge in [-0.1, -0.05) is 18.6 Å². The van der Waals surface area contributed by atoms with E-state index in [1.54, 1.807) is 0 Å². The second-order valence-corrected chi connectivity index (χ2v) is 6.32. The molecule has 20 heavy (non-hydrogen) atoms. The Bertz CT molecular complexity index is 518. The number of para-hydroxylation sites is 2. The standard InChI is InChI=1S/C16H21N3O/c20-16(19-9-11-4-3-5-12(11)10-19)15-8-17-13-6-1-2-7-14(13)18-15/h1-2,6-7,11-12,15,17-18H,3-5,8-10H2.